The van der Waals surface area contributed by atoms with Crippen LogP contribution in [0.3, 0.4) is 0 Å². The maximum absolute atomic E-state index is 13.6. The highest BCUT2D eigenvalue weighted by Gasteiger charge is 2.28. The number of nitrogens with zero attached hydrogens (tertiary/aromatic N) is 5. The van der Waals surface area contributed by atoms with Crippen molar-refractivity contribution < 1.29 is 19.2 Å². The molecule has 5 rings (SSSR count). The van der Waals surface area contributed by atoms with Gasteiger partial charge in [0, 0.05) is 102 Å². The van der Waals surface area contributed by atoms with E-state index in [1.807, 2.05) is 74.4 Å². The topological polar surface area (TPSA) is 121 Å². The van der Waals surface area contributed by atoms with Crippen LogP contribution < -0.4 is 19.9 Å². The second-order valence-electron chi connectivity index (χ2n) is 12.0. The summed E-state index contributed by atoms with van der Waals surface area (Å²) < 4.78 is 6.13. The van der Waals surface area contributed by atoms with Crippen molar-refractivity contribution in [2.24, 2.45) is 0 Å². The molecule has 2 heterocycles. The van der Waals surface area contributed by atoms with Crippen LogP contribution >= 0.6 is 0 Å². The molecule has 0 bridgehead atoms. The Balaban J connectivity index is 1.18. The summed E-state index contributed by atoms with van der Waals surface area (Å²) in [5.74, 6) is -0.133. The number of non-ortho nitro benzene ring substituents is 1. The maximum Gasteiger partial charge on any atom is 0.270 e. The third kappa shape index (κ3) is 8.43. The van der Waals surface area contributed by atoms with Crippen LogP contribution in [-0.2, 0) is 11.2 Å². The Morgan fingerprint density at radius 1 is 0.894 bits per heavy atom. The van der Waals surface area contributed by atoms with Crippen molar-refractivity contribution in [3.05, 3.63) is 106 Å². The van der Waals surface area contributed by atoms with Crippen molar-refractivity contribution in [1.82, 2.24) is 9.88 Å². The van der Waals surface area contributed by atoms with E-state index < -0.39 is 4.92 Å². The number of aryl methyl sites for hydroxylation is 1. The van der Waals surface area contributed by atoms with E-state index >= 15 is 0 Å². The summed E-state index contributed by atoms with van der Waals surface area (Å²) in [5, 5.41) is 14.3. The van der Waals surface area contributed by atoms with Gasteiger partial charge in [0.2, 0.25) is 11.8 Å². The van der Waals surface area contributed by atoms with E-state index in [2.05, 4.69) is 34.6 Å². The molecule has 3 aromatic carbocycles. The molecule has 47 heavy (non-hydrogen) atoms. The van der Waals surface area contributed by atoms with Crippen molar-refractivity contribution in [3.8, 4) is 17.0 Å². The van der Waals surface area contributed by atoms with Gasteiger partial charge in [-0.1, -0.05) is 24.3 Å². The monoisotopic (exact) mass is 636 g/mol. The summed E-state index contributed by atoms with van der Waals surface area (Å²) in [5.41, 5.74) is 5.39. The first-order valence-electron chi connectivity index (χ1n) is 15.6. The van der Waals surface area contributed by atoms with Crippen LogP contribution in [0, 0.1) is 10.1 Å². The smallest absolute Gasteiger partial charge is 0.270 e. The third-order valence-electron chi connectivity index (χ3n) is 8.28. The normalized spacial score (nSPS) is 13.1. The van der Waals surface area contributed by atoms with Crippen LogP contribution in [0.25, 0.3) is 11.1 Å². The number of aromatic nitrogens is 1. The van der Waals surface area contributed by atoms with Gasteiger partial charge in [-0.3, -0.25) is 19.7 Å². The predicted octanol–water partition coefficient (Wildman–Crippen LogP) is 6.04. The molecule has 0 radical (unpaired) electrons. The number of carbonyl (C=O) groups is 2. The van der Waals surface area contributed by atoms with Crippen molar-refractivity contribution in [3.63, 3.8) is 0 Å². The summed E-state index contributed by atoms with van der Waals surface area (Å²) >= 11 is 0. The fourth-order valence-electron chi connectivity index (χ4n) is 5.45. The van der Waals surface area contributed by atoms with E-state index in [4.69, 9.17) is 4.74 Å². The lowest BCUT2D eigenvalue weighted by molar-refractivity contribution is -0.384. The summed E-state index contributed by atoms with van der Waals surface area (Å²) in [4.78, 5) is 47.7. The Kier molecular flexibility index (Phi) is 10.3. The molecule has 11 nitrogen and oxygen atoms in total. The van der Waals surface area contributed by atoms with Gasteiger partial charge in [0.25, 0.3) is 11.6 Å². The van der Waals surface area contributed by atoms with Gasteiger partial charge in [-0.25, -0.2) is 4.98 Å². The van der Waals surface area contributed by atoms with Crippen LogP contribution in [-0.4, -0.2) is 74.0 Å². The number of hydrogen-bond acceptors (Lipinski definition) is 8. The zero-order valence-electron chi connectivity index (χ0n) is 27.2. The van der Waals surface area contributed by atoms with Crippen LogP contribution in [0.1, 0.15) is 35.2 Å². The zero-order chi connectivity index (χ0) is 33.5. The molecule has 1 aliphatic heterocycles. The number of hydrogen-bond donors (Lipinski definition) is 1. The molecule has 11 heteroatoms. The zero-order valence-corrected chi connectivity index (χ0v) is 27.2. The first-order valence-corrected chi connectivity index (χ1v) is 15.6. The summed E-state index contributed by atoms with van der Waals surface area (Å²) in [6, 6.07) is 24.0. The van der Waals surface area contributed by atoms with Crippen LogP contribution in [0.15, 0.2) is 85.1 Å². The molecule has 1 fully saturated rings. The number of ether oxygens (including phenoxy) is 1. The van der Waals surface area contributed by atoms with Crippen LogP contribution in [0.5, 0.6) is 5.88 Å². The average Bonchev–Trinajstić information content (AvgIpc) is 3.08. The highest BCUT2D eigenvalue weighted by atomic mass is 16.6. The van der Waals surface area contributed by atoms with Crippen LogP contribution in [0.4, 0.5) is 22.7 Å². The third-order valence-corrected chi connectivity index (χ3v) is 8.28. The van der Waals surface area contributed by atoms with Crippen molar-refractivity contribution in [2.75, 3.05) is 56.4 Å². The van der Waals surface area contributed by atoms with E-state index in [0.29, 0.717) is 38.2 Å². The van der Waals surface area contributed by atoms with Gasteiger partial charge in [-0.2, -0.15) is 0 Å². The van der Waals surface area contributed by atoms with E-state index in [-0.39, 0.29) is 41.3 Å². The van der Waals surface area contributed by atoms with Crippen LogP contribution in [0.2, 0.25) is 0 Å². The minimum absolute atomic E-state index is 0.0955. The fraction of sp³-hybridized carbons (Fsp3) is 0.306. The summed E-state index contributed by atoms with van der Waals surface area (Å²) in [6.45, 7) is 0.803. The second kappa shape index (κ2) is 14.8. The molecule has 0 aliphatic carbocycles. The quantitative estimate of drug-likeness (QED) is 0.156. The number of anilines is 3. The number of pyridine rings is 1. The molecule has 0 spiro atoms. The summed E-state index contributed by atoms with van der Waals surface area (Å²) in [6.07, 6.45) is 3.52. The fourth-order valence-corrected chi connectivity index (χ4v) is 5.45. The number of nitro benzene ring substituents is 1. The Labute approximate surface area is 274 Å². The number of nitrogens with one attached hydrogen (secondary N) is 1. The summed E-state index contributed by atoms with van der Waals surface area (Å²) in [7, 11) is 7.93. The Hall–Kier alpha value is -5.45. The largest absolute Gasteiger partial charge is 0.474 e. The molecule has 0 atom stereocenters. The number of piperidine rings is 1. The molecule has 1 saturated heterocycles. The Morgan fingerprint density at radius 2 is 1.51 bits per heavy atom. The van der Waals surface area contributed by atoms with Crippen molar-refractivity contribution in [1.29, 1.82) is 0 Å². The molecule has 0 saturated carbocycles. The first kappa shape index (κ1) is 32.9. The van der Waals surface area contributed by atoms with Crippen molar-refractivity contribution in [2.45, 2.75) is 31.8 Å². The number of benzene rings is 3. The molecule has 0 unspecified atom stereocenters. The lowest BCUT2D eigenvalue weighted by Crippen LogP contribution is -2.42. The highest BCUT2D eigenvalue weighted by Crippen LogP contribution is 2.28. The number of carbonyl (C=O) groups excluding carboxylic acids is 2. The first-order chi connectivity index (χ1) is 22.6. The number of likely N-dealkylation sites (tertiary alicyclic amines) is 1. The second-order valence-corrected chi connectivity index (χ2v) is 12.0. The SMILES string of the molecule is CN(C)c1ccc(CCC(=O)Nc2ccc([N+](=O)[O-])cc2C(=O)N2CCC(Oc3ccc(-c4ccc(N(C)C)cc4)cn3)CC2)cc1. The molecule has 244 valence electrons. The molecule has 1 aromatic heterocycles. The molecule has 1 aliphatic rings. The van der Waals surface area contributed by atoms with Gasteiger partial charge in [0.05, 0.1) is 16.2 Å². The molecular formula is C36H40N6O5. The number of amides is 2. The standard InChI is InChI=1S/C36H40N6O5/c1-39(2)28-11-5-25(6-12-28)7-17-34(43)38-33-16-15-30(42(45)46)23-32(33)36(44)41-21-19-31(20-22-41)47-35-18-10-27(24-37-35)26-8-13-29(14-9-26)40(3)4/h5-6,8-16,18,23-24,31H,7,17,19-22H2,1-4H3,(H,38,43). The van der Waals surface area contributed by atoms with Gasteiger partial charge in [0.1, 0.15) is 6.10 Å². The number of rotatable bonds is 11. The van der Waals surface area contributed by atoms with Gasteiger partial charge in [-0.15, -0.1) is 0 Å². The van der Waals surface area contributed by atoms with E-state index in [0.717, 1.165) is 28.1 Å². The molecule has 1 N–H and O–H groups in total. The average molecular weight is 637 g/mol. The molecule has 4 aromatic rings. The number of nitro groups is 1. The lowest BCUT2D eigenvalue weighted by atomic mass is 10.0. The Bertz CT molecular complexity index is 1700. The minimum atomic E-state index is -0.545. The van der Waals surface area contributed by atoms with Gasteiger partial charge < -0.3 is 24.8 Å². The highest BCUT2D eigenvalue weighted by molar-refractivity contribution is 6.04. The van der Waals surface area contributed by atoms with E-state index in [9.17, 15) is 19.7 Å². The molecular weight excluding hydrogens is 596 g/mol. The predicted molar refractivity (Wildman–Crippen MR) is 184 cm³/mol. The Morgan fingerprint density at radius 3 is 2.09 bits per heavy atom. The van der Waals surface area contributed by atoms with Gasteiger partial charge in [-0.05, 0) is 53.9 Å². The van der Waals surface area contributed by atoms with E-state index in [1.165, 1.54) is 18.2 Å². The minimum Gasteiger partial charge on any atom is -0.474 e. The van der Waals surface area contributed by atoms with E-state index in [1.54, 1.807) is 11.1 Å². The van der Waals surface area contributed by atoms with Crippen molar-refractivity contribution >= 4 is 34.6 Å². The van der Waals surface area contributed by atoms with Gasteiger partial charge >= 0.3 is 0 Å². The lowest BCUT2D eigenvalue weighted by Gasteiger charge is -2.32. The maximum atomic E-state index is 13.6. The van der Waals surface area contributed by atoms with Gasteiger partial charge in [0.15, 0.2) is 0 Å². The molecule has 2 amide bonds.